The summed E-state index contributed by atoms with van der Waals surface area (Å²) in [6, 6.07) is 10.8. The SMILES string of the molecule is COc1ccc(Br)cc1CCc1c(F)cccc1C1=NCCN1CCF. The molecule has 3 rings (SSSR count). The van der Waals surface area contributed by atoms with Crippen molar-refractivity contribution in [2.24, 2.45) is 4.99 Å². The number of aliphatic imine (C=N–C) groups is 1. The Kier molecular flexibility index (Phi) is 6.25. The van der Waals surface area contributed by atoms with Gasteiger partial charge in [-0.3, -0.25) is 4.99 Å². The van der Waals surface area contributed by atoms with Crippen LogP contribution in [0.3, 0.4) is 0 Å². The van der Waals surface area contributed by atoms with Crippen molar-refractivity contribution < 1.29 is 13.5 Å². The van der Waals surface area contributed by atoms with E-state index in [0.717, 1.165) is 21.3 Å². The molecule has 0 amide bonds. The molecule has 1 aliphatic rings. The van der Waals surface area contributed by atoms with Crippen LogP contribution in [0.5, 0.6) is 5.75 Å². The van der Waals surface area contributed by atoms with E-state index >= 15 is 0 Å². The lowest BCUT2D eigenvalue weighted by molar-refractivity contribution is 0.375. The normalized spacial score (nSPS) is 13.8. The Labute approximate surface area is 160 Å². The van der Waals surface area contributed by atoms with Crippen LogP contribution in [-0.4, -0.2) is 44.2 Å². The van der Waals surface area contributed by atoms with E-state index in [2.05, 4.69) is 20.9 Å². The number of nitrogens with zero attached hydrogens (tertiary/aromatic N) is 2. The molecule has 0 bridgehead atoms. The zero-order chi connectivity index (χ0) is 18.5. The van der Waals surface area contributed by atoms with Crippen LogP contribution in [0.25, 0.3) is 0 Å². The molecule has 0 aromatic heterocycles. The number of aryl methyl sites for hydroxylation is 1. The minimum absolute atomic E-state index is 0.258. The van der Waals surface area contributed by atoms with Gasteiger partial charge in [0.15, 0.2) is 0 Å². The topological polar surface area (TPSA) is 24.8 Å². The van der Waals surface area contributed by atoms with Gasteiger partial charge in [0.2, 0.25) is 0 Å². The Morgan fingerprint density at radius 1 is 1.23 bits per heavy atom. The van der Waals surface area contributed by atoms with E-state index in [1.54, 1.807) is 13.2 Å². The Morgan fingerprint density at radius 3 is 2.85 bits per heavy atom. The van der Waals surface area contributed by atoms with E-state index in [-0.39, 0.29) is 12.4 Å². The standard InChI is InChI=1S/C20H21BrF2N2O/c1-26-19-8-6-15(21)13-14(19)5-7-16-17(3-2-4-18(16)23)20-24-10-12-25(20)11-9-22/h2-4,6,8,13H,5,7,9-12H2,1H3. The molecule has 0 aliphatic carbocycles. The number of amidine groups is 1. The summed E-state index contributed by atoms with van der Waals surface area (Å²) in [5, 5.41) is 0. The molecule has 0 atom stereocenters. The number of alkyl halides is 1. The third-order valence-corrected chi connectivity index (χ3v) is 5.03. The van der Waals surface area contributed by atoms with Gasteiger partial charge in [-0.05, 0) is 48.2 Å². The number of ether oxygens (including phenoxy) is 1. The average molecular weight is 423 g/mol. The zero-order valence-corrected chi connectivity index (χ0v) is 16.2. The van der Waals surface area contributed by atoms with Gasteiger partial charge in [0.25, 0.3) is 0 Å². The molecule has 1 aliphatic heterocycles. The Morgan fingerprint density at radius 2 is 2.08 bits per heavy atom. The van der Waals surface area contributed by atoms with Gasteiger partial charge in [0.05, 0.1) is 13.7 Å². The predicted molar refractivity (Wildman–Crippen MR) is 103 cm³/mol. The summed E-state index contributed by atoms with van der Waals surface area (Å²) in [6.45, 7) is 1.13. The van der Waals surface area contributed by atoms with Gasteiger partial charge in [-0.1, -0.05) is 28.1 Å². The zero-order valence-electron chi connectivity index (χ0n) is 14.6. The first-order valence-electron chi connectivity index (χ1n) is 8.59. The van der Waals surface area contributed by atoms with Crippen molar-refractivity contribution in [3.05, 3.63) is 63.4 Å². The van der Waals surface area contributed by atoms with Crippen LogP contribution in [0, 0.1) is 5.82 Å². The molecule has 0 N–H and O–H groups in total. The number of hydrogen-bond acceptors (Lipinski definition) is 3. The lowest BCUT2D eigenvalue weighted by atomic mass is 9.97. The number of hydrogen-bond donors (Lipinski definition) is 0. The average Bonchev–Trinajstić information content (AvgIpc) is 3.09. The van der Waals surface area contributed by atoms with E-state index in [1.807, 2.05) is 29.2 Å². The van der Waals surface area contributed by atoms with Crippen LogP contribution in [0.1, 0.15) is 16.7 Å². The lowest BCUT2D eigenvalue weighted by Crippen LogP contribution is -2.31. The van der Waals surface area contributed by atoms with Crippen LogP contribution in [-0.2, 0) is 12.8 Å². The Bertz CT molecular complexity index is 810. The van der Waals surface area contributed by atoms with Gasteiger partial charge >= 0.3 is 0 Å². The van der Waals surface area contributed by atoms with E-state index in [9.17, 15) is 8.78 Å². The first kappa shape index (κ1) is 18.8. The van der Waals surface area contributed by atoms with Crippen LogP contribution in [0.2, 0.25) is 0 Å². The van der Waals surface area contributed by atoms with Gasteiger partial charge in [0, 0.05) is 23.1 Å². The molecular formula is C20H21BrF2N2O. The van der Waals surface area contributed by atoms with E-state index in [0.29, 0.717) is 37.3 Å². The quantitative estimate of drug-likeness (QED) is 0.659. The van der Waals surface area contributed by atoms with Crippen molar-refractivity contribution in [3.63, 3.8) is 0 Å². The van der Waals surface area contributed by atoms with Crippen molar-refractivity contribution >= 4 is 21.8 Å². The smallest absolute Gasteiger partial charge is 0.131 e. The highest BCUT2D eigenvalue weighted by Crippen LogP contribution is 2.26. The molecule has 0 fully saturated rings. The molecular weight excluding hydrogens is 402 g/mol. The fourth-order valence-electron chi connectivity index (χ4n) is 3.28. The largest absolute Gasteiger partial charge is 0.496 e. The second kappa shape index (κ2) is 8.62. The van der Waals surface area contributed by atoms with Crippen LogP contribution < -0.4 is 4.74 Å². The van der Waals surface area contributed by atoms with Crippen molar-refractivity contribution in [1.29, 1.82) is 0 Å². The molecule has 2 aromatic carbocycles. The predicted octanol–water partition coefficient (Wildman–Crippen LogP) is 4.41. The van der Waals surface area contributed by atoms with Crippen LogP contribution in [0.4, 0.5) is 8.78 Å². The Balaban J connectivity index is 1.88. The first-order chi connectivity index (χ1) is 12.6. The summed E-state index contributed by atoms with van der Waals surface area (Å²) in [6.07, 6.45) is 1.14. The highest BCUT2D eigenvalue weighted by molar-refractivity contribution is 9.10. The second-order valence-electron chi connectivity index (χ2n) is 6.10. The molecule has 0 unspecified atom stereocenters. The number of benzene rings is 2. The van der Waals surface area contributed by atoms with Gasteiger partial charge in [-0.2, -0.15) is 0 Å². The summed E-state index contributed by atoms with van der Waals surface area (Å²) in [5.41, 5.74) is 2.37. The van der Waals surface area contributed by atoms with Crippen LogP contribution >= 0.6 is 15.9 Å². The molecule has 0 saturated carbocycles. The molecule has 3 nitrogen and oxygen atoms in total. The fraction of sp³-hybridized carbons (Fsp3) is 0.350. The van der Waals surface area contributed by atoms with Crippen molar-refractivity contribution in [2.75, 3.05) is 33.4 Å². The third-order valence-electron chi connectivity index (χ3n) is 4.53. The molecule has 26 heavy (non-hydrogen) atoms. The van der Waals surface area contributed by atoms with Crippen molar-refractivity contribution in [2.45, 2.75) is 12.8 Å². The summed E-state index contributed by atoms with van der Waals surface area (Å²) in [4.78, 5) is 6.37. The molecule has 138 valence electrons. The third kappa shape index (κ3) is 4.06. The maximum Gasteiger partial charge on any atom is 0.131 e. The lowest BCUT2D eigenvalue weighted by Gasteiger charge is -2.21. The maximum absolute atomic E-state index is 14.6. The maximum atomic E-state index is 14.6. The van der Waals surface area contributed by atoms with Crippen molar-refractivity contribution in [1.82, 2.24) is 4.90 Å². The number of rotatable bonds is 7. The fourth-order valence-corrected chi connectivity index (χ4v) is 3.69. The summed E-state index contributed by atoms with van der Waals surface area (Å²) >= 11 is 3.47. The molecule has 0 radical (unpaired) electrons. The Hall–Kier alpha value is -1.95. The highest BCUT2D eigenvalue weighted by Gasteiger charge is 2.22. The second-order valence-corrected chi connectivity index (χ2v) is 7.02. The van der Waals surface area contributed by atoms with Gasteiger partial charge in [-0.15, -0.1) is 0 Å². The van der Waals surface area contributed by atoms with Crippen molar-refractivity contribution in [3.8, 4) is 5.75 Å². The number of halogens is 3. The molecule has 0 spiro atoms. The molecule has 6 heteroatoms. The monoisotopic (exact) mass is 422 g/mol. The summed E-state index contributed by atoms with van der Waals surface area (Å²) < 4.78 is 33.8. The van der Waals surface area contributed by atoms with Crippen LogP contribution in [0.15, 0.2) is 45.9 Å². The molecule has 2 aromatic rings. The summed E-state index contributed by atoms with van der Waals surface area (Å²) in [5.74, 6) is 1.22. The number of methoxy groups -OCH3 is 1. The highest BCUT2D eigenvalue weighted by atomic mass is 79.9. The minimum Gasteiger partial charge on any atom is -0.496 e. The van der Waals surface area contributed by atoms with Gasteiger partial charge in [0.1, 0.15) is 24.1 Å². The molecule has 1 heterocycles. The molecule has 0 saturated heterocycles. The first-order valence-corrected chi connectivity index (χ1v) is 9.39. The van der Waals surface area contributed by atoms with Gasteiger partial charge in [-0.25, -0.2) is 8.78 Å². The van der Waals surface area contributed by atoms with E-state index < -0.39 is 6.67 Å². The minimum atomic E-state index is -0.446. The van der Waals surface area contributed by atoms with E-state index in [1.165, 1.54) is 6.07 Å². The van der Waals surface area contributed by atoms with E-state index in [4.69, 9.17) is 4.74 Å². The summed E-state index contributed by atoms with van der Waals surface area (Å²) in [7, 11) is 1.63. The van der Waals surface area contributed by atoms with Gasteiger partial charge < -0.3 is 9.64 Å².